The summed E-state index contributed by atoms with van der Waals surface area (Å²) >= 11 is 1.38. The Morgan fingerprint density at radius 1 is 1.05 bits per heavy atom. The average molecular weight is 902 g/mol. The number of rotatable bonds is 7. The summed E-state index contributed by atoms with van der Waals surface area (Å²) in [4.78, 5) is 63.4. The first-order chi connectivity index (χ1) is 30.3. The molecule has 0 radical (unpaired) electrons. The molecule has 1 saturated heterocycles. The van der Waals surface area contributed by atoms with Crippen LogP contribution in [-0.4, -0.2) is 115 Å². The van der Waals surface area contributed by atoms with Crippen LogP contribution in [0.2, 0.25) is 0 Å². The first-order valence-electron chi connectivity index (χ1n) is 21.0. The van der Waals surface area contributed by atoms with Gasteiger partial charge in [-0.15, -0.1) is 11.8 Å². The molecule has 4 aliphatic rings. The van der Waals surface area contributed by atoms with E-state index in [4.69, 9.17) is 37.8 Å². The van der Waals surface area contributed by atoms with Gasteiger partial charge < -0.3 is 53.3 Å². The molecular weight excluding hydrogens is 847 g/mol. The third-order valence-corrected chi connectivity index (χ3v) is 13.0. The molecule has 1 fully saturated rings. The molecule has 9 atom stereocenters. The molecule has 7 bridgehead atoms. The van der Waals surface area contributed by atoms with Gasteiger partial charge in [0, 0.05) is 72.7 Å². The number of hydrogen-bond donors (Lipinski definition) is 3. The number of aliphatic hydroxyl groups excluding tert-OH is 1. The van der Waals surface area contributed by atoms with Crippen LogP contribution in [0.15, 0.2) is 62.4 Å². The number of anilines is 1. The third-order valence-electron chi connectivity index (χ3n) is 12.3. The molecular formula is C47H55N3O13S. The fourth-order valence-corrected chi connectivity index (χ4v) is 9.19. The number of thioether (sulfide) groups is 1. The number of phenolic OH excluding ortho intramolecular Hbond substituents is 1. The summed E-state index contributed by atoms with van der Waals surface area (Å²) in [6.07, 6.45) is 5.49. The lowest BCUT2D eigenvalue weighted by molar-refractivity contribution is -0.168. The number of amides is 1. The molecule has 1 amide bonds. The number of benzene rings is 3. The van der Waals surface area contributed by atoms with Gasteiger partial charge in [0.15, 0.2) is 22.3 Å². The summed E-state index contributed by atoms with van der Waals surface area (Å²) in [5, 5.41) is 26.1. The number of nitrogens with one attached hydrogen (secondary N) is 1. The number of ketones is 1. The second-order valence-corrected chi connectivity index (χ2v) is 17.9. The molecule has 17 heteroatoms. The fraction of sp³-hybridized carbons (Fsp3) is 0.468. The van der Waals surface area contributed by atoms with E-state index in [-0.39, 0.29) is 67.4 Å². The zero-order chi connectivity index (χ0) is 46.5. The summed E-state index contributed by atoms with van der Waals surface area (Å²) in [6.45, 7) is 12.3. The molecule has 0 unspecified atom stereocenters. The molecule has 8 rings (SSSR count). The Kier molecular flexibility index (Phi) is 13.2. The van der Waals surface area contributed by atoms with Crippen molar-refractivity contribution < 1.29 is 57.4 Å². The van der Waals surface area contributed by atoms with E-state index >= 15 is 0 Å². The van der Waals surface area contributed by atoms with E-state index in [0.29, 0.717) is 29.3 Å². The highest BCUT2D eigenvalue weighted by Crippen LogP contribution is 2.49. The number of aromatic nitrogens is 1. The fourth-order valence-electron chi connectivity index (χ4n) is 8.62. The van der Waals surface area contributed by atoms with E-state index in [1.165, 1.54) is 52.0 Å². The summed E-state index contributed by atoms with van der Waals surface area (Å²) in [5.41, 5.74) is -0.287. The van der Waals surface area contributed by atoms with E-state index in [2.05, 4.69) is 5.32 Å². The van der Waals surface area contributed by atoms with Crippen molar-refractivity contribution in [2.45, 2.75) is 89.7 Å². The number of aliphatic hydroxyl groups is 1. The van der Waals surface area contributed by atoms with Crippen LogP contribution in [-0.2, 0) is 28.5 Å². The summed E-state index contributed by atoms with van der Waals surface area (Å²) in [6, 6.07) is 3.47. The molecule has 342 valence electrons. The maximum atomic E-state index is 14.8. The topological polar surface area (TPSA) is 205 Å². The smallest absolute Gasteiger partial charge is 0.312 e. The predicted octanol–water partition coefficient (Wildman–Crippen LogP) is 6.43. The molecule has 4 aromatic rings. The maximum Gasteiger partial charge on any atom is 0.312 e. The van der Waals surface area contributed by atoms with Crippen molar-refractivity contribution in [3.05, 3.63) is 69.6 Å². The van der Waals surface area contributed by atoms with Gasteiger partial charge >= 0.3 is 11.8 Å². The van der Waals surface area contributed by atoms with E-state index in [0.717, 1.165) is 0 Å². The number of hydrogen-bond acceptors (Lipinski definition) is 16. The number of esters is 1. The molecule has 1 aromatic heterocycles. The zero-order valence-corrected chi connectivity index (χ0v) is 38.6. The Bertz CT molecular complexity index is 2690. The number of carbonyl (C=O) groups excluding carboxylic acids is 3. The summed E-state index contributed by atoms with van der Waals surface area (Å²) in [7, 11) is 5.32. The number of nitrogens with zero attached hydrogens (tertiary/aromatic N) is 2. The normalized spacial score (nSPS) is 29.2. The molecule has 5 heterocycles. The molecule has 3 N–H and O–H groups in total. The van der Waals surface area contributed by atoms with E-state index in [9.17, 15) is 29.4 Å². The SMILES string of the molecule is CO[C@H]1/C=C/O[C@@]2(C)Oc3c(C)c(=O)c4c(O)c(c5oc6cc(OCCN(C)C)cc(SC)c6nc5c4c3C2=O)NC(=O)/C(C)=C\C=C\[C@H](C)[C@@H]2O[C@H]([C@H](O)[C@@H]2C)[C@H](OC(C)=O)[C@@H]1C. The van der Waals surface area contributed by atoms with Crippen LogP contribution in [0, 0.1) is 24.7 Å². The molecule has 16 nitrogen and oxygen atoms in total. The second-order valence-electron chi connectivity index (χ2n) is 17.1. The minimum atomic E-state index is -2.04. The van der Waals surface area contributed by atoms with E-state index in [1.54, 1.807) is 32.1 Å². The Hall–Kier alpha value is -5.46. The number of phenols is 1. The molecule has 4 aliphatic heterocycles. The van der Waals surface area contributed by atoms with Crippen LogP contribution in [0.1, 0.15) is 57.5 Å². The monoisotopic (exact) mass is 901 g/mol. The Morgan fingerprint density at radius 3 is 2.45 bits per heavy atom. The number of Topliss-reactive ketones (excluding diaryl/α,β-unsaturated/α-hetero) is 1. The van der Waals surface area contributed by atoms with Crippen molar-refractivity contribution in [3.63, 3.8) is 0 Å². The molecule has 3 aromatic carbocycles. The number of ether oxygens (including phenoxy) is 6. The van der Waals surface area contributed by atoms with Gasteiger partial charge in [-0.1, -0.05) is 39.0 Å². The minimum Gasteiger partial charge on any atom is -0.505 e. The lowest BCUT2D eigenvalue weighted by Crippen LogP contribution is -2.46. The Labute approximate surface area is 374 Å². The second kappa shape index (κ2) is 18.2. The predicted molar refractivity (Wildman–Crippen MR) is 241 cm³/mol. The average Bonchev–Trinajstić information content (AvgIpc) is 3.69. The van der Waals surface area contributed by atoms with Crippen LogP contribution < -0.4 is 20.2 Å². The highest BCUT2D eigenvalue weighted by Gasteiger charge is 2.51. The number of methoxy groups -OCH3 is 1. The number of allylic oxidation sites excluding steroid dienone is 2. The van der Waals surface area contributed by atoms with Gasteiger partial charge in [0.1, 0.15) is 47.0 Å². The van der Waals surface area contributed by atoms with Crippen molar-refractivity contribution in [2.75, 3.05) is 45.9 Å². The van der Waals surface area contributed by atoms with Gasteiger partial charge in [0.2, 0.25) is 0 Å². The lowest BCUT2D eigenvalue weighted by atomic mass is 9.86. The molecule has 64 heavy (non-hydrogen) atoms. The highest BCUT2D eigenvalue weighted by atomic mass is 32.2. The van der Waals surface area contributed by atoms with Crippen molar-refractivity contribution >= 4 is 68.1 Å². The van der Waals surface area contributed by atoms with Crippen molar-refractivity contribution in [1.82, 2.24) is 9.88 Å². The standard InChI is InChI=1S/C47H55N3O13S/c1-21-13-12-14-22(2)46(56)49-36-39(54)32-31(35-43(36)61-29-19-27(58-18-16-50(8)9)20-30(64-11)34(29)48-35)33-41(24(4)37(32)52)63-47(7,45(33)55)59-17-15-28(57-10)23(3)42(60-26(6)51)44-38(53)25(5)40(21)62-44/h12-15,17,19-21,23,25,28,38,40,42,44,53-54H,16,18H2,1-11H3,(H,49,56)/b13-12+,17-15+,22-14-/t21-,23+,25-,28-,38+,40-,42+,44+,47-/m0/s1. The van der Waals surface area contributed by atoms with E-state index in [1.807, 2.05) is 51.2 Å². The molecule has 0 spiro atoms. The zero-order valence-electron chi connectivity index (χ0n) is 37.8. The summed E-state index contributed by atoms with van der Waals surface area (Å²) in [5.74, 6) is -5.48. The van der Waals surface area contributed by atoms with Crippen LogP contribution >= 0.6 is 11.8 Å². The largest absolute Gasteiger partial charge is 0.505 e. The Balaban J connectivity index is 1.46. The number of carbonyl (C=O) groups is 3. The minimum absolute atomic E-state index is 0.00110. The van der Waals surface area contributed by atoms with E-state index < -0.39 is 71.1 Å². The van der Waals surface area contributed by atoms with Crippen LogP contribution in [0.5, 0.6) is 17.2 Å². The van der Waals surface area contributed by atoms with Crippen LogP contribution in [0.3, 0.4) is 0 Å². The van der Waals surface area contributed by atoms with Crippen molar-refractivity contribution in [3.8, 4) is 17.2 Å². The Morgan fingerprint density at radius 2 is 1.78 bits per heavy atom. The van der Waals surface area contributed by atoms with Crippen molar-refractivity contribution in [2.24, 2.45) is 17.8 Å². The van der Waals surface area contributed by atoms with Gasteiger partial charge in [0.05, 0.1) is 35.5 Å². The molecule has 0 saturated carbocycles. The van der Waals surface area contributed by atoms with Gasteiger partial charge in [-0.05, 0) is 46.3 Å². The lowest BCUT2D eigenvalue weighted by Gasteiger charge is -2.33. The van der Waals surface area contributed by atoms with Gasteiger partial charge in [-0.2, -0.15) is 0 Å². The number of aromatic hydroxyl groups is 1. The van der Waals surface area contributed by atoms with Crippen LogP contribution in [0.25, 0.3) is 33.0 Å². The first kappa shape index (κ1) is 46.5. The highest BCUT2D eigenvalue weighted by molar-refractivity contribution is 7.98. The maximum absolute atomic E-state index is 14.8. The number of fused-ring (bicyclic) bond motifs is 9. The summed E-state index contributed by atoms with van der Waals surface area (Å²) < 4.78 is 43.1. The first-order valence-corrected chi connectivity index (χ1v) is 22.3. The van der Waals surface area contributed by atoms with Gasteiger partial charge in [-0.3, -0.25) is 19.2 Å². The quantitative estimate of drug-likeness (QED) is 0.0601. The van der Waals surface area contributed by atoms with Gasteiger partial charge in [-0.25, -0.2) is 4.98 Å². The van der Waals surface area contributed by atoms with Gasteiger partial charge in [0.25, 0.3) is 11.7 Å². The third kappa shape index (κ3) is 8.35. The van der Waals surface area contributed by atoms with Crippen molar-refractivity contribution in [1.29, 1.82) is 0 Å². The van der Waals surface area contributed by atoms with Crippen LogP contribution in [0.4, 0.5) is 5.69 Å². The number of likely N-dealkylation sites (N-methyl/N-ethyl adjacent to an activating group) is 1. The molecule has 0 aliphatic carbocycles.